The van der Waals surface area contributed by atoms with E-state index in [1.807, 2.05) is 0 Å². The fourth-order valence-corrected chi connectivity index (χ4v) is 2.88. The van der Waals surface area contributed by atoms with Crippen molar-refractivity contribution in [3.05, 3.63) is 74.3 Å². The van der Waals surface area contributed by atoms with Crippen LogP contribution in [0.15, 0.2) is 53.7 Å². The van der Waals surface area contributed by atoms with E-state index in [0.717, 1.165) is 5.56 Å². The van der Waals surface area contributed by atoms with Crippen LogP contribution in [0.2, 0.25) is 0 Å². The van der Waals surface area contributed by atoms with Crippen molar-refractivity contribution in [2.75, 3.05) is 0 Å². The lowest BCUT2D eigenvalue weighted by atomic mass is 10.2. The van der Waals surface area contributed by atoms with Gasteiger partial charge in [0.15, 0.2) is 5.82 Å². The Morgan fingerprint density at radius 3 is 2.40 bits per heavy atom. The highest BCUT2D eigenvalue weighted by atomic mass is 32.2. The summed E-state index contributed by atoms with van der Waals surface area (Å²) in [5.74, 6) is 0.838. The van der Waals surface area contributed by atoms with E-state index in [1.54, 1.807) is 30.3 Å². The zero-order chi connectivity index (χ0) is 17.8. The molecular weight excluding hydrogens is 346 g/mol. The van der Waals surface area contributed by atoms with Gasteiger partial charge in [-0.15, -0.1) is 5.10 Å². The Hall–Kier alpha value is -3.27. The number of hydrogen-bond donors (Lipinski definition) is 1. The number of H-pyrrole nitrogens is 1. The second-order valence-electron chi connectivity index (χ2n) is 4.95. The molecule has 1 N–H and O–H groups in total. The van der Waals surface area contributed by atoms with Crippen LogP contribution in [0.5, 0.6) is 0 Å². The van der Waals surface area contributed by atoms with Crippen molar-refractivity contribution in [1.82, 2.24) is 15.2 Å². The number of non-ortho nitro benzene ring substituents is 1. The summed E-state index contributed by atoms with van der Waals surface area (Å²) in [6, 6.07) is 12.5. The van der Waals surface area contributed by atoms with Crippen LogP contribution in [0, 0.1) is 20.2 Å². The van der Waals surface area contributed by atoms with Crippen LogP contribution < -0.4 is 0 Å². The van der Waals surface area contributed by atoms with Crippen LogP contribution in [0.3, 0.4) is 0 Å². The maximum atomic E-state index is 11.1. The summed E-state index contributed by atoms with van der Waals surface area (Å²) in [5.41, 5.74) is 1.23. The lowest BCUT2D eigenvalue weighted by molar-refractivity contribution is -0.384. The Balaban J connectivity index is 1.72. The minimum Gasteiger partial charge on any atom is -0.258 e. The van der Waals surface area contributed by atoms with Gasteiger partial charge >= 0.3 is 0 Å². The number of aromatic amines is 1. The molecule has 10 heteroatoms. The maximum Gasteiger partial charge on any atom is 0.280 e. The first-order valence-electron chi connectivity index (χ1n) is 7.07. The normalized spacial score (nSPS) is 10.6. The zero-order valence-corrected chi connectivity index (χ0v) is 13.5. The molecule has 0 bridgehead atoms. The molecule has 9 nitrogen and oxygen atoms in total. The van der Waals surface area contributed by atoms with Crippen LogP contribution in [-0.4, -0.2) is 25.0 Å². The first kappa shape index (κ1) is 16.6. The molecule has 0 radical (unpaired) electrons. The van der Waals surface area contributed by atoms with E-state index < -0.39 is 9.85 Å². The number of aromatic nitrogens is 3. The van der Waals surface area contributed by atoms with Gasteiger partial charge in [0.2, 0.25) is 5.16 Å². The van der Waals surface area contributed by atoms with E-state index in [0.29, 0.717) is 22.3 Å². The Kier molecular flexibility index (Phi) is 4.70. The van der Waals surface area contributed by atoms with Gasteiger partial charge in [0.25, 0.3) is 11.4 Å². The Morgan fingerprint density at radius 1 is 1.00 bits per heavy atom. The van der Waals surface area contributed by atoms with Crippen molar-refractivity contribution in [1.29, 1.82) is 0 Å². The lowest BCUT2D eigenvalue weighted by Crippen LogP contribution is -1.92. The van der Waals surface area contributed by atoms with Gasteiger partial charge < -0.3 is 0 Å². The van der Waals surface area contributed by atoms with E-state index in [-0.39, 0.29) is 11.4 Å². The largest absolute Gasteiger partial charge is 0.280 e. The van der Waals surface area contributed by atoms with Gasteiger partial charge in [0.05, 0.1) is 15.4 Å². The van der Waals surface area contributed by atoms with Crippen molar-refractivity contribution in [2.24, 2.45) is 0 Å². The van der Waals surface area contributed by atoms with E-state index in [4.69, 9.17) is 0 Å². The van der Waals surface area contributed by atoms with Crippen molar-refractivity contribution in [3.8, 4) is 11.4 Å². The minimum atomic E-state index is -0.471. The standard InChI is InChI=1S/C15H11N5O4S/c21-19(22)11-7-5-10(6-8-11)9-25-15-16-14(17-18-15)12-3-1-2-4-13(12)20(23)24/h1-8H,9H2,(H,16,17,18). The summed E-state index contributed by atoms with van der Waals surface area (Å²) in [6.45, 7) is 0. The molecule has 3 rings (SSSR count). The topological polar surface area (TPSA) is 128 Å². The highest BCUT2D eigenvalue weighted by molar-refractivity contribution is 7.98. The Labute approximate surface area is 145 Å². The third kappa shape index (κ3) is 3.80. The molecule has 0 amide bonds. The van der Waals surface area contributed by atoms with Crippen molar-refractivity contribution in [2.45, 2.75) is 10.9 Å². The van der Waals surface area contributed by atoms with Crippen molar-refractivity contribution in [3.63, 3.8) is 0 Å². The molecule has 0 unspecified atom stereocenters. The van der Waals surface area contributed by atoms with Gasteiger partial charge in [-0.2, -0.15) is 0 Å². The van der Waals surface area contributed by atoms with E-state index in [1.165, 1.54) is 30.0 Å². The van der Waals surface area contributed by atoms with Gasteiger partial charge in [-0.25, -0.2) is 4.98 Å². The molecule has 0 aliphatic rings. The van der Waals surface area contributed by atoms with Crippen molar-refractivity contribution >= 4 is 23.1 Å². The summed E-state index contributed by atoms with van der Waals surface area (Å²) in [5, 5.41) is 28.9. The number of rotatable bonds is 6. The van der Waals surface area contributed by atoms with Gasteiger partial charge in [-0.05, 0) is 11.6 Å². The van der Waals surface area contributed by atoms with E-state index in [9.17, 15) is 20.2 Å². The van der Waals surface area contributed by atoms with Crippen LogP contribution in [0.1, 0.15) is 5.56 Å². The summed E-state index contributed by atoms with van der Waals surface area (Å²) in [6.07, 6.45) is 0. The monoisotopic (exact) mass is 357 g/mol. The third-order valence-electron chi connectivity index (χ3n) is 3.34. The van der Waals surface area contributed by atoms with Crippen LogP contribution in [0.25, 0.3) is 11.4 Å². The SMILES string of the molecule is O=[N+]([O-])c1ccc(CSc2n[nH]c(-c3ccccc3[N+](=O)[O-])n2)cc1. The first-order chi connectivity index (χ1) is 12.0. The van der Waals surface area contributed by atoms with Gasteiger partial charge in [0, 0.05) is 24.0 Å². The number of nitrogens with one attached hydrogen (secondary N) is 1. The smallest absolute Gasteiger partial charge is 0.258 e. The predicted octanol–water partition coefficient (Wildman–Crippen LogP) is 3.58. The second kappa shape index (κ2) is 7.09. The summed E-state index contributed by atoms with van der Waals surface area (Å²) >= 11 is 1.32. The van der Waals surface area contributed by atoms with Gasteiger partial charge in [-0.1, -0.05) is 36.0 Å². The van der Waals surface area contributed by atoms with E-state index >= 15 is 0 Å². The highest BCUT2D eigenvalue weighted by Crippen LogP contribution is 2.28. The highest BCUT2D eigenvalue weighted by Gasteiger charge is 2.17. The fraction of sp³-hybridized carbons (Fsp3) is 0.0667. The first-order valence-corrected chi connectivity index (χ1v) is 8.05. The molecule has 3 aromatic rings. The molecule has 25 heavy (non-hydrogen) atoms. The van der Waals surface area contributed by atoms with Crippen molar-refractivity contribution < 1.29 is 9.85 Å². The van der Waals surface area contributed by atoms with Gasteiger partial charge in [0.1, 0.15) is 0 Å². The van der Waals surface area contributed by atoms with Crippen LogP contribution in [-0.2, 0) is 5.75 Å². The Bertz CT molecular complexity index is 926. The number of hydrogen-bond acceptors (Lipinski definition) is 7. The minimum absolute atomic E-state index is 0.0327. The molecule has 1 heterocycles. The molecule has 126 valence electrons. The lowest BCUT2D eigenvalue weighted by Gasteiger charge is -1.98. The predicted molar refractivity (Wildman–Crippen MR) is 91.1 cm³/mol. The number of nitro groups is 2. The second-order valence-corrected chi connectivity index (χ2v) is 5.90. The molecule has 2 aromatic carbocycles. The molecule has 0 atom stereocenters. The summed E-state index contributed by atoms with van der Waals surface area (Å²) in [7, 11) is 0. The number of nitrogens with zero attached hydrogens (tertiary/aromatic N) is 4. The molecule has 0 fully saturated rings. The van der Waals surface area contributed by atoms with Crippen LogP contribution in [0.4, 0.5) is 11.4 Å². The average Bonchev–Trinajstić information content (AvgIpc) is 3.09. The van der Waals surface area contributed by atoms with Gasteiger partial charge in [-0.3, -0.25) is 25.3 Å². The molecular formula is C15H11N5O4S. The summed E-state index contributed by atoms with van der Waals surface area (Å²) in [4.78, 5) is 25.1. The average molecular weight is 357 g/mol. The summed E-state index contributed by atoms with van der Waals surface area (Å²) < 4.78 is 0. The quantitative estimate of drug-likeness (QED) is 0.405. The molecule has 1 aromatic heterocycles. The number of nitro benzene ring substituents is 2. The Morgan fingerprint density at radius 2 is 1.72 bits per heavy atom. The zero-order valence-electron chi connectivity index (χ0n) is 12.7. The van der Waals surface area contributed by atoms with E-state index in [2.05, 4.69) is 15.2 Å². The molecule has 0 aliphatic heterocycles. The number of para-hydroxylation sites is 1. The molecule has 0 spiro atoms. The number of benzene rings is 2. The fourth-order valence-electron chi connectivity index (χ4n) is 2.13. The molecule has 0 saturated heterocycles. The number of thioether (sulfide) groups is 1. The van der Waals surface area contributed by atoms with Crippen LogP contribution >= 0.6 is 11.8 Å². The molecule has 0 saturated carbocycles. The maximum absolute atomic E-state index is 11.1. The molecule has 0 aliphatic carbocycles. The third-order valence-corrected chi connectivity index (χ3v) is 4.25.